The molecule has 104 valence electrons. The summed E-state index contributed by atoms with van der Waals surface area (Å²) in [5, 5.41) is 8.86. The Balaban J connectivity index is 2.23. The Morgan fingerprint density at radius 2 is 1.95 bits per heavy atom. The quantitative estimate of drug-likeness (QED) is 0.735. The third-order valence-corrected chi connectivity index (χ3v) is 3.60. The minimum atomic E-state index is -0.984. The van der Waals surface area contributed by atoms with Crippen LogP contribution in [0.4, 0.5) is 0 Å². The smallest absolute Gasteiger partial charge is 0.328 e. The lowest BCUT2D eigenvalue weighted by Crippen LogP contribution is -1.90. The van der Waals surface area contributed by atoms with Gasteiger partial charge in [-0.1, -0.05) is 34.1 Å². The molecular weight excluding hydrogens is 332 g/mol. The molecule has 0 bridgehead atoms. The number of carbonyl (C=O) groups is 1. The van der Waals surface area contributed by atoms with Crippen molar-refractivity contribution in [2.45, 2.75) is 0 Å². The summed E-state index contributed by atoms with van der Waals surface area (Å²) in [6.45, 7) is 0. The van der Waals surface area contributed by atoms with E-state index in [1.54, 1.807) is 6.08 Å². The van der Waals surface area contributed by atoms with Crippen molar-refractivity contribution in [2.24, 2.45) is 0 Å². The SMILES string of the molecule is O=C(O)/C=C\c1c(-c2ccc(Br)cc2)nc2ccccn12. The van der Waals surface area contributed by atoms with Crippen LogP contribution in [-0.2, 0) is 4.79 Å². The first kappa shape index (κ1) is 13.6. The van der Waals surface area contributed by atoms with Crippen LogP contribution in [0.1, 0.15) is 5.69 Å². The van der Waals surface area contributed by atoms with Crippen LogP contribution in [0.2, 0.25) is 0 Å². The lowest BCUT2D eigenvalue weighted by molar-refractivity contribution is -0.131. The number of halogens is 1. The van der Waals surface area contributed by atoms with Crippen LogP contribution in [0.25, 0.3) is 23.0 Å². The standard InChI is InChI=1S/C16H11BrN2O2/c17-12-6-4-11(5-7-12)16-13(8-9-15(20)21)19-10-2-1-3-14(19)18-16/h1-10H,(H,20,21)/b9-8-. The highest BCUT2D eigenvalue weighted by Gasteiger charge is 2.11. The Bertz CT molecular complexity index is 835. The van der Waals surface area contributed by atoms with Crippen LogP contribution in [0, 0.1) is 0 Å². The number of nitrogens with zero attached hydrogens (tertiary/aromatic N) is 2. The Labute approximate surface area is 129 Å². The number of carboxylic acid groups (broad SMARTS) is 1. The maximum Gasteiger partial charge on any atom is 0.328 e. The second kappa shape index (κ2) is 5.54. The van der Waals surface area contributed by atoms with Gasteiger partial charge in [-0.05, 0) is 30.3 Å². The van der Waals surface area contributed by atoms with Gasteiger partial charge in [-0.15, -0.1) is 0 Å². The number of pyridine rings is 1. The van der Waals surface area contributed by atoms with E-state index in [-0.39, 0.29) is 0 Å². The molecule has 0 fully saturated rings. The molecule has 0 aliphatic heterocycles. The largest absolute Gasteiger partial charge is 0.478 e. The Morgan fingerprint density at radius 1 is 1.19 bits per heavy atom. The number of carboxylic acids is 1. The van der Waals surface area contributed by atoms with Crippen molar-refractivity contribution >= 4 is 33.6 Å². The molecule has 3 aromatic rings. The van der Waals surface area contributed by atoms with Gasteiger partial charge in [0.1, 0.15) is 5.65 Å². The van der Waals surface area contributed by atoms with Crippen LogP contribution in [-0.4, -0.2) is 20.5 Å². The monoisotopic (exact) mass is 342 g/mol. The number of aliphatic carboxylic acids is 1. The number of benzene rings is 1. The van der Waals surface area contributed by atoms with Gasteiger partial charge in [-0.2, -0.15) is 0 Å². The molecular formula is C16H11BrN2O2. The van der Waals surface area contributed by atoms with Crippen LogP contribution in [0.3, 0.4) is 0 Å². The van der Waals surface area contributed by atoms with Gasteiger partial charge in [0, 0.05) is 22.3 Å². The van der Waals surface area contributed by atoms with Gasteiger partial charge in [0.05, 0.1) is 11.4 Å². The molecule has 0 atom stereocenters. The summed E-state index contributed by atoms with van der Waals surface area (Å²) in [7, 11) is 0. The van der Waals surface area contributed by atoms with Gasteiger partial charge in [-0.3, -0.25) is 4.40 Å². The average Bonchev–Trinajstić information content (AvgIpc) is 2.84. The average molecular weight is 343 g/mol. The zero-order valence-corrected chi connectivity index (χ0v) is 12.5. The van der Waals surface area contributed by atoms with Crippen molar-refractivity contribution in [1.29, 1.82) is 0 Å². The van der Waals surface area contributed by atoms with Crippen LogP contribution >= 0.6 is 15.9 Å². The molecule has 0 unspecified atom stereocenters. The van der Waals surface area contributed by atoms with Crippen molar-refractivity contribution in [1.82, 2.24) is 9.38 Å². The molecule has 0 amide bonds. The highest BCUT2D eigenvalue weighted by Crippen LogP contribution is 2.26. The summed E-state index contributed by atoms with van der Waals surface area (Å²) < 4.78 is 2.86. The second-order valence-corrected chi connectivity index (χ2v) is 5.37. The number of hydrogen-bond donors (Lipinski definition) is 1. The van der Waals surface area contributed by atoms with E-state index in [1.807, 2.05) is 53.1 Å². The van der Waals surface area contributed by atoms with Crippen molar-refractivity contribution in [3.8, 4) is 11.3 Å². The van der Waals surface area contributed by atoms with Gasteiger partial charge in [-0.25, -0.2) is 9.78 Å². The Morgan fingerprint density at radius 3 is 2.67 bits per heavy atom. The number of rotatable bonds is 3. The minimum Gasteiger partial charge on any atom is -0.478 e. The summed E-state index contributed by atoms with van der Waals surface area (Å²) >= 11 is 3.40. The molecule has 4 nitrogen and oxygen atoms in total. The third kappa shape index (κ3) is 2.73. The molecule has 0 aliphatic carbocycles. The zero-order chi connectivity index (χ0) is 14.8. The summed E-state index contributed by atoms with van der Waals surface area (Å²) in [4.78, 5) is 15.4. The molecule has 21 heavy (non-hydrogen) atoms. The maximum absolute atomic E-state index is 10.8. The molecule has 1 N–H and O–H groups in total. The number of aromatic nitrogens is 2. The van der Waals surface area contributed by atoms with Gasteiger partial charge in [0.25, 0.3) is 0 Å². The topological polar surface area (TPSA) is 54.6 Å². The molecule has 0 saturated carbocycles. The molecule has 3 rings (SSSR count). The lowest BCUT2D eigenvalue weighted by Gasteiger charge is -2.00. The van der Waals surface area contributed by atoms with E-state index in [0.717, 1.165) is 33.1 Å². The number of fused-ring (bicyclic) bond motifs is 1. The fourth-order valence-electron chi connectivity index (χ4n) is 2.14. The third-order valence-electron chi connectivity index (χ3n) is 3.07. The lowest BCUT2D eigenvalue weighted by atomic mass is 10.1. The zero-order valence-electron chi connectivity index (χ0n) is 10.9. The maximum atomic E-state index is 10.8. The van der Waals surface area contributed by atoms with Crippen LogP contribution in [0.5, 0.6) is 0 Å². The molecule has 5 heteroatoms. The summed E-state index contributed by atoms with van der Waals surface area (Å²) in [6.07, 6.45) is 4.56. The minimum absolute atomic E-state index is 0.746. The normalized spacial score (nSPS) is 11.3. The summed E-state index contributed by atoms with van der Waals surface area (Å²) in [6, 6.07) is 13.4. The fourth-order valence-corrected chi connectivity index (χ4v) is 2.41. The summed E-state index contributed by atoms with van der Waals surface area (Å²) in [5.74, 6) is -0.984. The van der Waals surface area contributed by atoms with E-state index >= 15 is 0 Å². The van der Waals surface area contributed by atoms with Crippen LogP contribution < -0.4 is 0 Å². The van der Waals surface area contributed by atoms with Crippen molar-refractivity contribution in [2.75, 3.05) is 0 Å². The molecule has 0 radical (unpaired) electrons. The Kier molecular flexibility index (Phi) is 3.58. The number of hydrogen-bond acceptors (Lipinski definition) is 2. The second-order valence-electron chi connectivity index (χ2n) is 4.45. The van der Waals surface area contributed by atoms with Crippen LogP contribution in [0.15, 0.2) is 59.2 Å². The first-order valence-electron chi connectivity index (χ1n) is 6.29. The van der Waals surface area contributed by atoms with Crippen molar-refractivity contribution < 1.29 is 9.90 Å². The predicted molar refractivity (Wildman–Crippen MR) is 85.0 cm³/mol. The van der Waals surface area contributed by atoms with E-state index in [2.05, 4.69) is 20.9 Å². The van der Waals surface area contributed by atoms with E-state index in [0.29, 0.717) is 0 Å². The predicted octanol–water partition coefficient (Wildman–Crippen LogP) is 3.86. The highest BCUT2D eigenvalue weighted by atomic mass is 79.9. The van der Waals surface area contributed by atoms with E-state index < -0.39 is 5.97 Å². The molecule has 0 saturated heterocycles. The fraction of sp³-hybridized carbons (Fsp3) is 0. The molecule has 2 aromatic heterocycles. The van der Waals surface area contributed by atoms with E-state index in [4.69, 9.17) is 5.11 Å². The van der Waals surface area contributed by atoms with Gasteiger partial charge in [0.15, 0.2) is 0 Å². The summed E-state index contributed by atoms with van der Waals surface area (Å²) in [5.41, 5.74) is 3.22. The molecule has 1 aromatic carbocycles. The number of imidazole rings is 1. The van der Waals surface area contributed by atoms with Crippen molar-refractivity contribution in [3.63, 3.8) is 0 Å². The van der Waals surface area contributed by atoms with E-state index in [9.17, 15) is 4.79 Å². The highest BCUT2D eigenvalue weighted by molar-refractivity contribution is 9.10. The van der Waals surface area contributed by atoms with Crippen molar-refractivity contribution in [3.05, 3.63) is 64.9 Å². The first-order valence-corrected chi connectivity index (χ1v) is 7.08. The molecule has 0 spiro atoms. The molecule has 2 heterocycles. The van der Waals surface area contributed by atoms with Gasteiger partial charge >= 0.3 is 5.97 Å². The first-order chi connectivity index (χ1) is 10.1. The Hall–Kier alpha value is -2.40. The molecule has 0 aliphatic rings. The van der Waals surface area contributed by atoms with E-state index in [1.165, 1.54) is 0 Å². The van der Waals surface area contributed by atoms with Gasteiger partial charge in [0.2, 0.25) is 0 Å². The van der Waals surface area contributed by atoms with Gasteiger partial charge < -0.3 is 5.11 Å².